The van der Waals surface area contributed by atoms with Gasteiger partial charge in [-0.1, -0.05) is 149 Å². The summed E-state index contributed by atoms with van der Waals surface area (Å²) in [6.07, 6.45) is 31.3. The highest BCUT2D eigenvalue weighted by molar-refractivity contribution is 7.45. The highest BCUT2D eigenvalue weighted by atomic mass is 31.2. The van der Waals surface area contributed by atoms with Crippen LogP contribution in [0.3, 0.4) is 0 Å². The smallest absolute Gasteiger partial charge is 0.306 e. The lowest BCUT2D eigenvalue weighted by Gasteiger charge is -2.28. The summed E-state index contributed by atoms with van der Waals surface area (Å²) in [4.78, 5) is 37.5. The average Bonchev–Trinajstić information content (AvgIpc) is 3.90. The van der Waals surface area contributed by atoms with E-state index >= 15 is 0 Å². The molecule has 0 aromatic rings. The van der Waals surface area contributed by atoms with Gasteiger partial charge < -0.3 is 27.9 Å². The third-order valence-corrected chi connectivity index (χ3v) is 11.1. The maximum atomic E-state index is 12.7. The molecule has 0 fully saturated rings. The molecule has 0 saturated carbocycles. The first kappa shape index (κ1) is 50.6. The van der Waals surface area contributed by atoms with Crippen LogP contribution >= 0.6 is 7.82 Å². The number of carbonyl (C=O) groups is 2. The van der Waals surface area contributed by atoms with Crippen molar-refractivity contribution in [1.82, 2.24) is 0 Å². The second-order valence-corrected chi connectivity index (χ2v) is 18.1. The predicted octanol–water partition coefficient (Wildman–Crippen LogP) is 11.2. The number of ether oxygens (including phenoxy) is 2. The van der Waals surface area contributed by atoms with Gasteiger partial charge in [-0.15, -0.1) is 0 Å². The number of carbonyl (C=O) groups excluding carboxylic acids is 2. The summed E-state index contributed by atoms with van der Waals surface area (Å²) >= 11 is 0. The zero-order valence-electron chi connectivity index (χ0n) is 35.5. The van der Waals surface area contributed by atoms with Crippen LogP contribution in [0.2, 0.25) is 0 Å². The van der Waals surface area contributed by atoms with Crippen LogP contribution < -0.4 is 4.89 Å². The first-order valence-corrected chi connectivity index (χ1v) is 23.6. The van der Waals surface area contributed by atoms with Crippen molar-refractivity contribution < 1.29 is 42.1 Å². The molecule has 12 heteroatoms. The van der Waals surface area contributed by atoms with Crippen molar-refractivity contribution in [1.29, 1.82) is 0 Å². The molecule has 0 aromatic heterocycles. The van der Waals surface area contributed by atoms with Crippen LogP contribution in [0.4, 0.5) is 0 Å². The molecule has 1 rings (SSSR count). The van der Waals surface area contributed by atoms with Crippen molar-refractivity contribution in [2.75, 3.05) is 47.5 Å². The molecule has 0 saturated heterocycles. The summed E-state index contributed by atoms with van der Waals surface area (Å²) in [6, 6.07) is 0. The number of hydrogen-bond donors (Lipinski definition) is 0. The van der Waals surface area contributed by atoms with Gasteiger partial charge in [0.2, 0.25) is 0 Å². The van der Waals surface area contributed by atoms with Crippen LogP contribution in [-0.2, 0) is 32.7 Å². The van der Waals surface area contributed by atoms with Crippen molar-refractivity contribution in [2.45, 2.75) is 212 Å². The molecule has 0 amide bonds. The first-order chi connectivity index (χ1) is 25.9. The average molecular weight is 788 g/mol. The van der Waals surface area contributed by atoms with Crippen molar-refractivity contribution in [2.24, 2.45) is 10.2 Å². The van der Waals surface area contributed by atoms with Gasteiger partial charge in [0.15, 0.2) is 11.8 Å². The van der Waals surface area contributed by atoms with E-state index in [2.05, 4.69) is 24.1 Å². The zero-order chi connectivity index (χ0) is 39.8. The molecule has 11 nitrogen and oxygen atoms in total. The van der Waals surface area contributed by atoms with Crippen LogP contribution in [-0.4, -0.2) is 75.7 Å². The molecule has 2 unspecified atom stereocenters. The monoisotopic (exact) mass is 788 g/mol. The Balaban J connectivity index is 2.26. The highest BCUT2D eigenvalue weighted by Crippen LogP contribution is 2.39. The number of rotatable bonds is 40. The highest BCUT2D eigenvalue weighted by Gasteiger charge is 2.38. The Bertz CT molecular complexity index is 1020. The lowest BCUT2D eigenvalue weighted by molar-refractivity contribution is -0.870. The minimum absolute atomic E-state index is 0.0326. The maximum absolute atomic E-state index is 12.7. The fourth-order valence-corrected chi connectivity index (χ4v) is 7.22. The van der Waals surface area contributed by atoms with Gasteiger partial charge in [-0.25, -0.2) is 0 Å². The Kier molecular flexibility index (Phi) is 29.7. The number of hydrogen-bond acceptors (Lipinski definition) is 10. The van der Waals surface area contributed by atoms with Crippen molar-refractivity contribution >= 4 is 19.8 Å². The van der Waals surface area contributed by atoms with E-state index in [-0.39, 0.29) is 37.7 Å². The number of phosphoric ester groups is 1. The number of quaternary nitrogens is 1. The van der Waals surface area contributed by atoms with Gasteiger partial charge in [0.1, 0.15) is 19.8 Å². The lowest BCUT2D eigenvalue weighted by atomic mass is 9.98. The summed E-state index contributed by atoms with van der Waals surface area (Å²) in [5, 5.41) is 8.58. The summed E-state index contributed by atoms with van der Waals surface area (Å²) in [5.74, 6) is -0.842. The Labute approximate surface area is 330 Å². The van der Waals surface area contributed by atoms with Crippen LogP contribution in [0.5, 0.6) is 0 Å². The minimum atomic E-state index is -4.63. The molecule has 0 spiro atoms. The van der Waals surface area contributed by atoms with E-state index in [1.54, 1.807) is 0 Å². The van der Waals surface area contributed by atoms with Crippen LogP contribution in [0.1, 0.15) is 200 Å². The van der Waals surface area contributed by atoms with Crippen molar-refractivity contribution in [3.63, 3.8) is 0 Å². The maximum Gasteiger partial charge on any atom is 0.306 e. The van der Waals surface area contributed by atoms with E-state index in [0.717, 1.165) is 51.4 Å². The molecule has 1 heterocycles. The van der Waals surface area contributed by atoms with Crippen LogP contribution in [0, 0.1) is 0 Å². The van der Waals surface area contributed by atoms with E-state index in [4.69, 9.17) is 18.5 Å². The molecular formula is C42H82N3O8P. The quantitative estimate of drug-likeness (QED) is 0.0259. The SMILES string of the molecule is CCCCCCCCCCCCCCCCCC(=O)OCC(COP(=O)([O-])OCC[N+](C)(C)C)OC(=O)CCCCCCCCCCC1(CCCC)N=N1. The van der Waals surface area contributed by atoms with Gasteiger partial charge in [0.25, 0.3) is 7.82 Å². The van der Waals surface area contributed by atoms with E-state index < -0.39 is 26.5 Å². The van der Waals surface area contributed by atoms with E-state index in [9.17, 15) is 19.0 Å². The van der Waals surface area contributed by atoms with E-state index in [1.165, 1.54) is 116 Å². The second kappa shape index (κ2) is 31.7. The molecule has 54 heavy (non-hydrogen) atoms. The molecule has 1 aliphatic heterocycles. The topological polar surface area (TPSA) is 136 Å². The summed E-state index contributed by atoms with van der Waals surface area (Å²) in [5.41, 5.74) is -0.0450. The van der Waals surface area contributed by atoms with Gasteiger partial charge in [-0.05, 0) is 38.5 Å². The van der Waals surface area contributed by atoms with Gasteiger partial charge >= 0.3 is 11.9 Å². The normalized spacial score (nSPS) is 15.2. The minimum Gasteiger partial charge on any atom is -0.756 e. The van der Waals surface area contributed by atoms with Crippen molar-refractivity contribution in [3.8, 4) is 0 Å². The molecule has 0 N–H and O–H groups in total. The Morgan fingerprint density at radius 1 is 0.593 bits per heavy atom. The largest absolute Gasteiger partial charge is 0.756 e. The third-order valence-electron chi connectivity index (χ3n) is 10.2. The molecular weight excluding hydrogens is 705 g/mol. The van der Waals surface area contributed by atoms with Gasteiger partial charge in [0, 0.05) is 12.8 Å². The fourth-order valence-electron chi connectivity index (χ4n) is 6.49. The number of nitrogens with zero attached hydrogens (tertiary/aromatic N) is 3. The van der Waals surface area contributed by atoms with Gasteiger partial charge in [0.05, 0.1) is 27.7 Å². The Morgan fingerprint density at radius 2 is 1.02 bits per heavy atom. The molecule has 0 bridgehead atoms. The fraction of sp³-hybridized carbons (Fsp3) is 0.952. The predicted molar refractivity (Wildman–Crippen MR) is 216 cm³/mol. The second-order valence-electron chi connectivity index (χ2n) is 16.7. The molecule has 0 radical (unpaired) electrons. The Morgan fingerprint density at radius 3 is 1.48 bits per heavy atom. The molecule has 1 aliphatic rings. The lowest BCUT2D eigenvalue weighted by Crippen LogP contribution is -2.37. The molecule has 2 atom stereocenters. The van der Waals surface area contributed by atoms with Crippen molar-refractivity contribution in [3.05, 3.63) is 0 Å². The first-order valence-electron chi connectivity index (χ1n) is 22.1. The molecule has 318 valence electrons. The van der Waals surface area contributed by atoms with Crippen LogP contribution in [0.25, 0.3) is 0 Å². The van der Waals surface area contributed by atoms with Crippen LogP contribution in [0.15, 0.2) is 10.2 Å². The number of likely N-dealkylation sites (N-methyl/N-ethyl adjacent to an activating group) is 1. The molecule has 0 aliphatic carbocycles. The number of unbranched alkanes of at least 4 members (excludes halogenated alkanes) is 22. The van der Waals surface area contributed by atoms with Gasteiger partial charge in [-0.2, -0.15) is 10.2 Å². The molecule has 0 aromatic carbocycles. The van der Waals surface area contributed by atoms with E-state index in [1.807, 2.05) is 21.1 Å². The number of phosphoric acid groups is 1. The third kappa shape index (κ3) is 31.8. The zero-order valence-corrected chi connectivity index (χ0v) is 36.4. The summed E-state index contributed by atoms with van der Waals surface area (Å²) < 4.78 is 33.9. The summed E-state index contributed by atoms with van der Waals surface area (Å²) in [6.45, 7) is 4.17. The number of esters is 2. The standard InChI is InChI=1S/C42H82N3O8P/c1-6-8-10-11-12-13-14-15-16-17-18-19-22-25-28-31-40(46)50-37-39(38-52-54(48,49)51-36-35-45(3,4)5)53-41(47)32-29-26-23-20-21-24-27-30-34-42(43-44-42)33-9-7-2/h39H,6-38H2,1-5H3. The Hall–Kier alpha value is -1.39. The van der Waals surface area contributed by atoms with E-state index in [0.29, 0.717) is 17.4 Å². The van der Waals surface area contributed by atoms with Gasteiger partial charge in [-0.3, -0.25) is 14.2 Å². The summed E-state index contributed by atoms with van der Waals surface area (Å²) in [7, 11) is 1.16.